The summed E-state index contributed by atoms with van der Waals surface area (Å²) in [5, 5.41) is 9.78. The van der Waals surface area contributed by atoms with E-state index in [4.69, 9.17) is 11.6 Å². The quantitative estimate of drug-likeness (QED) is 0.791. The van der Waals surface area contributed by atoms with Gasteiger partial charge in [-0.15, -0.1) is 0 Å². The van der Waals surface area contributed by atoms with Crippen molar-refractivity contribution in [2.75, 3.05) is 5.32 Å². The van der Waals surface area contributed by atoms with Crippen LogP contribution in [0.5, 0.6) is 0 Å². The molecule has 6 heteroatoms. The van der Waals surface area contributed by atoms with Gasteiger partial charge in [-0.05, 0) is 51.8 Å². The Morgan fingerprint density at radius 1 is 1.43 bits per heavy atom. The Morgan fingerprint density at radius 2 is 2.13 bits per heavy atom. The van der Waals surface area contributed by atoms with Crippen LogP contribution >= 0.6 is 11.6 Å². The molecule has 0 bridgehead atoms. The van der Waals surface area contributed by atoms with Gasteiger partial charge in [0.05, 0.1) is 6.04 Å². The maximum atomic E-state index is 12.4. The average molecular weight is 338 g/mol. The number of piperidine rings is 1. The lowest BCUT2D eigenvalue weighted by Crippen LogP contribution is -2.63. The average Bonchev–Trinajstić information content (AvgIpc) is 2.45. The Hall–Kier alpha value is -1.59. The number of hydrogen-bond donors (Lipinski definition) is 3. The normalized spacial score (nSPS) is 21.4. The fourth-order valence-electron chi connectivity index (χ4n) is 2.78. The van der Waals surface area contributed by atoms with E-state index in [1.54, 1.807) is 12.1 Å². The molecule has 1 aliphatic heterocycles. The van der Waals surface area contributed by atoms with Gasteiger partial charge in [0.15, 0.2) is 0 Å². The molecule has 2 amide bonds. The van der Waals surface area contributed by atoms with E-state index in [-0.39, 0.29) is 29.4 Å². The molecule has 0 aromatic heterocycles. The minimum Gasteiger partial charge on any atom is -0.350 e. The summed E-state index contributed by atoms with van der Waals surface area (Å²) in [6.45, 7) is 7.67. The third-order valence-corrected chi connectivity index (χ3v) is 4.53. The van der Waals surface area contributed by atoms with E-state index in [1.165, 1.54) is 0 Å². The van der Waals surface area contributed by atoms with Crippen molar-refractivity contribution in [2.24, 2.45) is 0 Å². The number of rotatable bonds is 4. The second-order valence-electron chi connectivity index (χ2n) is 6.70. The Morgan fingerprint density at radius 3 is 2.78 bits per heavy atom. The van der Waals surface area contributed by atoms with E-state index in [9.17, 15) is 9.59 Å². The molecule has 23 heavy (non-hydrogen) atoms. The highest BCUT2D eigenvalue weighted by molar-refractivity contribution is 6.31. The predicted molar refractivity (Wildman–Crippen MR) is 92.7 cm³/mol. The first-order valence-corrected chi connectivity index (χ1v) is 8.21. The number of halogens is 1. The van der Waals surface area contributed by atoms with E-state index in [0.717, 1.165) is 5.56 Å². The zero-order valence-corrected chi connectivity index (χ0v) is 14.8. The van der Waals surface area contributed by atoms with E-state index in [1.807, 2.05) is 33.8 Å². The van der Waals surface area contributed by atoms with E-state index >= 15 is 0 Å². The Bertz CT molecular complexity index is 616. The number of anilines is 1. The molecule has 1 aromatic rings. The minimum atomic E-state index is -0.382. The zero-order chi connectivity index (χ0) is 17.2. The molecule has 2 atom stereocenters. The molecule has 1 aliphatic rings. The molecule has 0 saturated carbocycles. The highest BCUT2D eigenvalue weighted by Gasteiger charge is 2.36. The van der Waals surface area contributed by atoms with Crippen molar-refractivity contribution in [1.82, 2.24) is 10.6 Å². The number of amides is 2. The molecule has 0 spiro atoms. The lowest BCUT2D eigenvalue weighted by molar-refractivity contribution is -0.125. The second-order valence-corrected chi connectivity index (χ2v) is 7.13. The van der Waals surface area contributed by atoms with Gasteiger partial charge >= 0.3 is 0 Å². The van der Waals surface area contributed by atoms with Gasteiger partial charge in [0.25, 0.3) is 0 Å². The summed E-state index contributed by atoms with van der Waals surface area (Å²) < 4.78 is 0. The smallest absolute Gasteiger partial charge is 0.241 e. The van der Waals surface area contributed by atoms with Crippen LogP contribution in [0.4, 0.5) is 5.69 Å². The highest BCUT2D eigenvalue weighted by Crippen LogP contribution is 2.22. The number of hydrogen-bond acceptors (Lipinski definition) is 3. The van der Waals surface area contributed by atoms with Gasteiger partial charge in [0.2, 0.25) is 11.8 Å². The lowest BCUT2D eigenvalue weighted by Gasteiger charge is -2.40. The van der Waals surface area contributed by atoms with E-state index in [2.05, 4.69) is 16.0 Å². The van der Waals surface area contributed by atoms with Gasteiger partial charge in [-0.2, -0.15) is 0 Å². The molecule has 0 radical (unpaired) electrons. The monoisotopic (exact) mass is 337 g/mol. The van der Waals surface area contributed by atoms with E-state index < -0.39 is 0 Å². The summed E-state index contributed by atoms with van der Waals surface area (Å²) in [4.78, 5) is 23.9. The molecule has 126 valence electrons. The summed E-state index contributed by atoms with van der Waals surface area (Å²) in [7, 11) is 0. The second kappa shape index (κ2) is 6.89. The SMILES string of the molecule is Cc1ccc(Cl)cc1NC(=O)C(C)NC1CCC(=O)NC1(C)C. The Kier molecular flexibility index (Phi) is 5.32. The van der Waals surface area contributed by atoms with Crippen molar-refractivity contribution in [3.05, 3.63) is 28.8 Å². The van der Waals surface area contributed by atoms with Crippen molar-refractivity contribution >= 4 is 29.1 Å². The maximum absolute atomic E-state index is 12.4. The molecule has 3 N–H and O–H groups in total. The van der Waals surface area contributed by atoms with Gasteiger partial charge in [0.1, 0.15) is 0 Å². The summed E-state index contributed by atoms with van der Waals surface area (Å²) in [5.74, 6) is -0.0669. The van der Waals surface area contributed by atoms with Crippen LogP contribution in [-0.2, 0) is 9.59 Å². The van der Waals surface area contributed by atoms with Crippen molar-refractivity contribution in [3.8, 4) is 0 Å². The molecule has 2 unspecified atom stereocenters. The summed E-state index contributed by atoms with van der Waals surface area (Å²) >= 11 is 5.98. The summed E-state index contributed by atoms with van der Waals surface area (Å²) in [6.07, 6.45) is 1.19. The van der Waals surface area contributed by atoms with Gasteiger partial charge in [-0.1, -0.05) is 17.7 Å². The number of carbonyl (C=O) groups is 2. The third kappa shape index (κ3) is 4.45. The Labute approximate surface area is 142 Å². The van der Waals surface area contributed by atoms with Gasteiger partial charge in [-0.25, -0.2) is 0 Å². The molecule has 0 aliphatic carbocycles. The van der Waals surface area contributed by atoms with Crippen molar-refractivity contribution in [2.45, 2.75) is 58.2 Å². The van der Waals surface area contributed by atoms with Crippen LogP contribution in [0.15, 0.2) is 18.2 Å². The van der Waals surface area contributed by atoms with E-state index in [0.29, 0.717) is 23.6 Å². The topological polar surface area (TPSA) is 70.2 Å². The van der Waals surface area contributed by atoms with Crippen LogP contribution in [0.1, 0.15) is 39.2 Å². The molecule has 2 rings (SSSR count). The lowest BCUT2D eigenvalue weighted by atomic mass is 9.86. The highest BCUT2D eigenvalue weighted by atomic mass is 35.5. The Balaban J connectivity index is 2.00. The summed E-state index contributed by atoms with van der Waals surface area (Å²) in [5.41, 5.74) is 1.29. The van der Waals surface area contributed by atoms with Crippen LogP contribution in [0.25, 0.3) is 0 Å². The molecule has 1 saturated heterocycles. The molecule has 1 aromatic carbocycles. The molecular weight excluding hydrogens is 314 g/mol. The first-order chi connectivity index (χ1) is 10.7. The van der Waals surface area contributed by atoms with Crippen LogP contribution in [0.3, 0.4) is 0 Å². The minimum absolute atomic E-state index is 0.0430. The number of aryl methyl sites for hydroxylation is 1. The van der Waals surface area contributed by atoms with Crippen molar-refractivity contribution in [3.63, 3.8) is 0 Å². The standard InChI is InChI=1S/C17H24ClN3O2/c1-10-5-6-12(18)9-13(10)20-16(23)11(2)19-14-7-8-15(22)21-17(14,3)4/h5-6,9,11,14,19H,7-8H2,1-4H3,(H,20,23)(H,21,22). The van der Waals surface area contributed by atoms with Crippen LogP contribution in [0.2, 0.25) is 5.02 Å². The molecule has 1 fully saturated rings. The predicted octanol–water partition coefficient (Wildman–Crippen LogP) is 2.62. The number of nitrogens with one attached hydrogen (secondary N) is 3. The van der Waals surface area contributed by atoms with Crippen LogP contribution in [0, 0.1) is 6.92 Å². The van der Waals surface area contributed by atoms with Crippen molar-refractivity contribution in [1.29, 1.82) is 0 Å². The van der Waals surface area contributed by atoms with Gasteiger partial charge < -0.3 is 16.0 Å². The number of carbonyl (C=O) groups excluding carboxylic acids is 2. The first-order valence-electron chi connectivity index (χ1n) is 7.83. The molecule has 1 heterocycles. The fraction of sp³-hybridized carbons (Fsp3) is 0.529. The maximum Gasteiger partial charge on any atom is 0.241 e. The fourth-order valence-corrected chi connectivity index (χ4v) is 2.96. The third-order valence-electron chi connectivity index (χ3n) is 4.29. The molecule has 5 nitrogen and oxygen atoms in total. The number of benzene rings is 1. The zero-order valence-electron chi connectivity index (χ0n) is 14.0. The largest absolute Gasteiger partial charge is 0.350 e. The van der Waals surface area contributed by atoms with Gasteiger partial charge in [-0.3, -0.25) is 9.59 Å². The van der Waals surface area contributed by atoms with Crippen molar-refractivity contribution < 1.29 is 9.59 Å². The van der Waals surface area contributed by atoms with Crippen LogP contribution < -0.4 is 16.0 Å². The first kappa shape index (κ1) is 17.8. The van der Waals surface area contributed by atoms with Gasteiger partial charge in [0, 0.05) is 28.7 Å². The van der Waals surface area contributed by atoms with Crippen LogP contribution in [-0.4, -0.2) is 29.4 Å². The summed E-state index contributed by atoms with van der Waals surface area (Å²) in [6, 6.07) is 5.07. The molecular formula is C17H24ClN3O2.